The Kier molecular flexibility index (Phi) is 6.92. The third-order valence-electron chi connectivity index (χ3n) is 4.23. The van der Waals surface area contributed by atoms with Gasteiger partial charge in [0.2, 0.25) is 5.91 Å². The Morgan fingerprint density at radius 1 is 1.38 bits per heavy atom. The van der Waals surface area contributed by atoms with Crippen LogP contribution in [0.25, 0.3) is 0 Å². The van der Waals surface area contributed by atoms with E-state index in [2.05, 4.69) is 15.6 Å². The second-order valence-electron chi connectivity index (χ2n) is 6.27. The van der Waals surface area contributed by atoms with Gasteiger partial charge in [-0.1, -0.05) is 25.1 Å². The number of alkyl halides is 3. The summed E-state index contributed by atoms with van der Waals surface area (Å²) in [4.78, 5) is 26.9. The van der Waals surface area contributed by atoms with Gasteiger partial charge < -0.3 is 21.8 Å². The Morgan fingerprint density at radius 2 is 2.10 bits per heavy atom. The highest BCUT2D eigenvalue weighted by molar-refractivity contribution is 6.12. The van der Waals surface area contributed by atoms with Crippen LogP contribution in [0.2, 0.25) is 0 Å². The number of allylic oxidation sites excluding steroid dienone is 1. The number of primary amides is 1. The Balaban J connectivity index is 2.14. The number of aliphatic imine (C=N–C) groups is 1. The third kappa shape index (κ3) is 5.77. The zero-order chi connectivity index (χ0) is 21.6. The van der Waals surface area contributed by atoms with E-state index >= 15 is 0 Å². The number of halogens is 3. The highest BCUT2D eigenvalue weighted by Gasteiger charge is 2.31. The number of rotatable bonds is 7. The number of nitrogens with zero attached hydrogens (tertiary/aromatic N) is 1. The van der Waals surface area contributed by atoms with Crippen LogP contribution in [0, 0.1) is 5.41 Å². The number of nitrogens with two attached hydrogens (primary N) is 1. The molecule has 2 rings (SSSR count). The predicted octanol–water partition coefficient (Wildman–Crippen LogP) is 2.22. The average Bonchev–Trinajstić information content (AvgIpc) is 2.68. The van der Waals surface area contributed by atoms with E-state index in [0.29, 0.717) is 11.1 Å². The fraction of sp³-hybridized carbons (Fsp3) is 0.263. The first-order valence-corrected chi connectivity index (χ1v) is 8.62. The van der Waals surface area contributed by atoms with Crippen molar-refractivity contribution in [2.45, 2.75) is 25.4 Å². The van der Waals surface area contributed by atoms with Crippen molar-refractivity contribution >= 4 is 24.2 Å². The zero-order valence-electron chi connectivity index (χ0n) is 15.5. The van der Waals surface area contributed by atoms with Crippen molar-refractivity contribution in [3.8, 4) is 0 Å². The summed E-state index contributed by atoms with van der Waals surface area (Å²) in [6.45, 7) is 1.76. The van der Waals surface area contributed by atoms with Gasteiger partial charge in [0.25, 0.3) is 5.91 Å². The molecule has 7 nitrogen and oxygen atoms in total. The van der Waals surface area contributed by atoms with Crippen molar-refractivity contribution in [2.24, 2.45) is 10.7 Å². The van der Waals surface area contributed by atoms with Crippen LogP contribution in [-0.2, 0) is 15.8 Å². The Labute approximate surface area is 165 Å². The van der Waals surface area contributed by atoms with E-state index in [1.807, 2.05) is 0 Å². The van der Waals surface area contributed by atoms with Gasteiger partial charge in [-0.2, -0.15) is 13.2 Å². The first kappa shape index (κ1) is 21.9. The number of carbonyl (C=O) groups excluding carboxylic acids is 2. The summed E-state index contributed by atoms with van der Waals surface area (Å²) < 4.78 is 38.8. The van der Waals surface area contributed by atoms with Gasteiger partial charge in [0.05, 0.1) is 11.1 Å². The molecule has 1 unspecified atom stereocenters. The van der Waals surface area contributed by atoms with Gasteiger partial charge in [-0.05, 0) is 17.2 Å². The topological polar surface area (TPSA) is 120 Å². The second-order valence-corrected chi connectivity index (χ2v) is 6.27. The van der Waals surface area contributed by atoms with Crippen LogP contribution in [0.5, 0.6) is 0 Å². The highest BCUT2D eigenvalue weighted by atomic mass is 19.4. The van der Waals surface area contributed by atoms with Crippen LogP contribution in [-0.4, -0.2) is 30.8 Å². The molecule has 0 saturated heterocycles. The Morgan fingerprint density at radius 3 is 2.66 bits per heavy atom. The maximum absolute atomic E-state index is 12.9. The lowest BCUT2D eigenvalue weighted by molar-refractivity contribution is -0.137. The van der Waals surface area contributed by atoms with Crippen molar-refractivity contribution in [3.05, 3.63) is 58.6 Å². The fourth-order valence-electron chi connectivity index (χ4n) is 2.56. The molecule has 0 aliphatic carbocycles. The largest absolute Gasteiger partial charge is 0.416 e. The minimum Gasteiger partial charge on any atom is -0.370 e. The van der Waals surface area contributed by atoms with E-state index in [0.717, 1.165) is 18.3 Å². The van der Waals surface area contributed by atoms with E-state index < -0.39 is 23.6 Å². The monoisotopic (exact) mass is 407 g/mol. The van der Waals surface area contributed by atoms with Gasteiger partial charge in [-0.15, -0.1) is 0 Å². The normalized spacial score (nSPS) is 16.3. The molecule has 10 heteroatoms. The first-order chi connectivity index (χ1) is 13.6. The fourth-order valence-corrected chi connectivity index (χ4v) is 2.56. The number of amides is 2. The second kappa shape index (κ2) is 9.18. The summed E-state index contributed by atoms with van der Waals surface area (Å²) in [7, 11) is 0. The average molecular weight is 407 g/mol. The highest BCUT2D eigenvalue weighted by Crippen LogP contribution is 2.32. The van der Waals surface area contributed by atoms with E-state index in [-0.39, 0.29) is 30.3 Å². The van der Waals surface area contributed by atoms with Gasteiger partial charge >= 0.3 is 6.18 Å². The molecule has 2 amide bonds. The summed E-state index contributed by atoms with van der Waals surface area (Å²) in [6.07, 6.45) is -0.708. The Hall–Kier alpha value is -3.43. The minimum atomic E-state index is -4.43. The summed E-state index contributed by atoms with van der Waals surface area (Å²) >= 11 is 0. The van der Waals surface area contributed by atoms with Gasteiger partial charge in [-0.3, -0.25) is 9.59 Å². The standard InChI is InChI=1S/C19H20F3N5O2/c1-11(12-3-2-4-14(7-12)19(20,21)22)13-9-26-17(27-10-13)15(8-23)18(29)25-6-5-16(24)28/h2-4,7-11,23,26H,5-6H2,1H3,(H2,24,28)(H,25,29)/b17-15-,23-8?. The molecule has 29 heavy (non-hydrogen) atoms. The van der Waals surface area contributed by atoms with Crippen LogP contribution in [0.3, 0.4) is 0 Å². The maximum atomic E-state index is 12.9. The molecule has 1 heterocycles. The van der Waals surface area contributed by atoms with E-state index in [1.54, 1.807) is 13.0 Å². The quantitative estimate of drug-likeness (QED) is 0.410. The lowest BCUT2D eigenvalue weighted by Gasteiger charge is -2.19. The number of benzene rings is 1. The lowest BCUT2D eigenvalue weighted by atomic mass is 9.92. The molecule has 1 aromatic carbocycles. The summed E-state index contributed by atoms with van der Waals surface area (Å²) in [6, 6.07) is 5.03. The zero-order valence-corrected chi connectivity index (χ0v) is 15.5. The minimum absolute atomic E-state index is 0.0240. The van der Waals surface area contributed by atoms with Crippen LogP contribution >= 0.6 is 0 Å². The molecule has 154 valence electrons. The van der Waals surface area contributed by atoms with Crippen molar-refractivity contribution in [2.75, 3.05) is 6.54 Å². The molecule has 5 N–H and O–H groups in total. The van der Waals surface area contributed by atoms with Crippen LogP contribution < -0.4 is 16.4 Å². The van der Waals surface area contributed by atoms with E-state index in [9.17, 15) is 22.8 Å². The van der Waals surface area contributed by atoms with E-state index in [4.69, 9.17) is 11.1 Å². The first-order valence-electron chi connectivity index (χ1n) is 8.62. The van der Waals surface area contributed by atoms with Gasteiger partial charge in [0.15, 0.2) is 0 Å². The smallest absolute Gasteiger partial charge is 0.370 e. The number of nitrogens with one attached hydrogen (secondary N) is 3. The number of hydrogen-bond donors (Lipinski definition) is 4. The molecule has 0 aromatic heterocycles. The van der Waals surface area contributed by atoms with Gasteiger partial charge in [-0.25, -0.2) is 4.99 Å². The van der Waals surface area contributed by atoms with Crippen LogP contribution in [0.15, 0.2) is 52.4 Å². The molecule has 0 fully saturated rings. The predicted molar refractivity (Wildman–Crippen MR) is 102 cm³/mol. The molecule has 1 aliphatic rings. The SMILES string of the molecule is CC(C1=CN/C(=C(\C=N)C(=O)NCCC(N)=O)N=C1)c1cccc(C(F)(F)F)c1. The molecule has 0 spiro atoms. The van der Waals surface area contributed by atoms with Gasteiger partial charge in [0, 0.05) is 37.5 Å². The number of carbonyl (C=O) groups is 2. The van der Waals surface area contributed by atoms with Crippen molar-refractivity contribution in [1.82, 2.24) is 10.6 Å². The van der Waals surface area contributed by atoms with Crippen LogP contribution in [0.1, 0.15) is 30.4 Å². The van der Waals surface area contributed by atoms with E-state index in [1.165, 1.54) is 18.5 Å². The Bertz CT molecular complexity index is 903. The molecule has 1 aliphatic heterocycles. The molecule has 0 saturated carbocycles. The van der Waals surface area contributed by atoms with Crippen LogP contribution in [0.4, 0.5) is 13.2 Å². The third-order valence-corrected chi connectivity index (χ3v) is 4.23. The summed E-state index contributed by atoms with van der Waals surface area (Å²) in [5.74, 6) is -1.46. The molecule has 0 radical (unpaired) electrons. The lowest BCUT2D eigenvalue weighted by Crippen LogP contribution is -2.31. The van der Waals surface area contributed by atoms with Crippen molar-refractivity contribution in [1.29, 1.82) is 5.41 Å². The summed E-state index contributed by atoms with van der Waals surface area (Å²) in [5, 5.41) is 12.7. The molecule has 1 aromatic rings. The summed E-state index contributed by atoms with van der Waals surface area (Å²) in [5.41, 5.74) is 5.27. The van der Waals surface area contributed by atoms with Crippen molar-refractivity contribution < 1.29 is 22.8 Å². The molecule has 0 bridgehead atoms. The molecular weight excluding hydrogens is 387 g/mol. The maximum Gasteiger partial charge on any atom is 0.416 e. The number of hydrogen-bond acceptors (Lipinski definition) is 5. The molecule has 1 atom stereocenters. The van der Waals surface area contributed by atoms with Gasteiger partial charge in [0.1, 0.15) is 5.82 Å². The molecular formula is C19H20F3N5O2. The van der Waals surface area contributed by atoms with Crippen molar-refractivity contribution in [3.63, 3.8) is 0 Å².